The van der Waals surface area contributed by atoms with Gasteiger partial charge in [0.05, 0.1) is 0 Å². The Hall–Kier alpha value is -1.26. The van der Waals surface area contributed by atoms with E-state index < -0.39 is 11.5 Å². The molecule has 0 bridgehead atoms. The van der Waals surface area contributed by atoms with E-state index in [2.05, 4.69) is 12.2 Å². The fourth-order valence-electron chi connectivity index (χ4n) is 3.40. The highest BCUT2D eigenvalue weighted by Gasteiger charge is 2.42. The maximum Gasteiger partial charge on any atom is 0.329 e. The number of carboxylic acid groups (broad SMARTS) is 1. The molecule has 2 amide bonds. The maximum absolute atomic E-state index is 12.5. The third-order valence-corrected chi connectivity index (χ3v) is 4.78. The van der Waals surface area contributed by atoms with Crippen molar-refractivity contribution in [2.75, 3.05) is 6.54 Å². The summed E-state index contributed by atoms with van der Waals surface area (Å²) in [6.45, 7) is 2.79. The fraction of sp³-hybridized carbons (Fsp3) is 0.867. The molecule has 1 heterocycles. The zero-order valence-electron chi connectivity index (χ0n) is 12.4. The maximum atomic E-state index is 12.5. The van der Waals surface area contributed by atoms with Crippen molar-refractivity contribution in [1.82, 2.24) is 10.2 Å². The summed E-state index contributed by atoms with van der Waals surface area (Å²) in [6, 6.07) is 0.00985. The number of amides is 2. The van der Waals surface area contributed by atoms with E-state index in [1.165, 1.54) is 0 Å². The van der Waals surface area contributed by atoms with E-state index in [1.54, 1.807) is 0 Å². The van der Waals surface area contributed by atoms with Gasteiger partial charge in [-0.1, -0.05) is 32.1 Å². The van der Waals surface area contributed by atoms with E-state index in [0.29, 0.717) is 12.8 Å². The molecule has 1 saturated heterocycles. The molecule has 114 valence electrons. The van der Waals surface area contributed by atoms with Crippen LogP contribution >= 0.6 is 0 Å². The van der Waals surface area contributed by atoms with Crippen molar-refractivity contribution in [3.05, 3.63) is 0 Å². The SMILES string of the molecule is CC1CCCCCN1C(=O)NC1(C(=O)O)CCCCC1. The Morgan fingerprint density at radius 3 is 2.40 bits per heavy atom. The van der Waals surface area contributed by atoms with Crippen LogP contribution in [0.1, 0.15) is 64.7 Å². The summed E-state index contributed by atoms with van der Waals surface area (Å²) < 4.78 is 0. The number of aliphatic carboxylic acids is 1. The lowest BCUT2D eigenvalue weighted by atomic mass is 9.82. The van der Waals surface area contributed by atoms with Crippen LogP contribution in [0.25, 0.3) is 0 Å². The molecule has 0 spiro atoms. The zero-order valence-corrected chi connectivity index (χ0v) is 12.4. The molecule has 0 radical (unpaired) electrons. The van der Waals surface area contributed by atoms with Gasteiger partial charge in [-0.3, -0.25) is 0 Å². The predicted octanol–water partition coefficient (Wildman–Crippen LogP) is 2.75. The Morgan fingerprint density at radius 1 is 1.10 bits per heavy atom. The first-order chi connectivity index (χ1) is 9.55. The second-order valence-electron chi connectivity index (χ2n) is 6.27. The van der Waals surface area contributed by atoms with Crippen LogP contribution in [0.2, 0.25) is 0 Å². The molecule has 2 rings (SSSR count). The van der Waals surface area contributed by atoms with Crippen LogP contribution in [0.4, 0.5) is 4.79 Å². The monoisotopic (exact) mass is 282 g/mol. The summed E-state index contributed by atoms with van der Waals surface area (Å²) in [5.41, 5.74) is -1.04. The Morgan fingerprint density at radius 2 is 1.75 bits per heavy atom. The zero-order chi connectivity index (χ0) is 14.6. The van der Waals surface area contributed by atoms with Gasteiger partial charge in [-0.25, -0.2) is 9.59 Å². The number of nitrogens with one attached hydrogen (secondary N) is 1. The third kappa shape index (κ3) is 3.25. The van der Waals surface area contributed by atoms with Gasteiger partial charge in [-0.2, -0.15) is 0 Å². The predicted molar refractivity (Wildman–Crippen MR) is 76.6 cm³/mol. The number of likely N-dealkylation sites (tertiary alicyclic amines) is 1. The average Bonchev–Trinajstić information content (AvgIpc) is 2.64. The summed E-state index contributed by atoms with van der Waals surface area (Å²) in [4.78, 5) is 25.9. The third-order valence-electron chi connectivity index (χ3n) is 4.78. The molecule has 1 aliphatic carbocycles. The van der Waals surface area contributed by atoms with Crippen molar-refractivity contribution in [1.29, 1.82) is 0 Å². The Balaban J connectivity index is 2.05. The Kier molecular flexibility index (Phi) is 4.89. The molecule has 2 aliphatic rings. The lowest BCUT2D eigenvalue weighted by molar-refractivity contribution is -0.146. The van der Waals surface area contributed by atoms with E-state index in [4.69, 9.17) is 0 Å². The van der Waals surface area contributed by atoms with E-state index >= 15 is 0 Å². The molecule has 0 aromatic heterocycles. The average molecular weight is 282 g/mol. The first-order valence-corrected chi connectivity index (χ1v) is 7.87. The smallest absolute Gasteiger partial charge is 0.329 e. The van der Waals surface area contributed by atoms with Crippen LogP contribution in [0.3, 0.4) is 0 Å². The summed E-state index contributed by atoms with van der Waals surface area (Å²) in [5, 5.41) is 12.4. The lowest BCUT2D eigenvalue weighted by Gasteiger charge is -2.37. The van der Waals surface area contributed by atoms with Gasteiger partial charge in [-0.15, -0.1) is 0 Å². The number of carbonyl (C=O) groups excluding carboxylic acids is 1. The molecule has 1 atom stereocenters. The molecule has 2 N–H and O–H groups in total. The number of nitrogens with zero attached hydrogens (tertiary/aromatic N) is 1. The fourth-order valence-corrected chi connectivity index (χ4v) is 3.40. The van der Waals surface area contributed by atoms with Gasteiger partial charge in [0.1, 0.15) is 5.54 Å². The van der Waals surface area contributed by atoms with Gasteiger partial charge in [0.2, 0.25) is 0 Å². The number of hydrogen-bond donors (Lipinski definition) is 2. The minimum absolute atomic E-state index is 0.191. The highest BCUT2D eigenvalue weighted by atomic mass is 16.4. The van der Waals surface area contributed by atoms with Gasteiger partial charge < -0.3 is 15.3 Å². The minimum Gasteiger partial charge on any atom is -0.480 e. The van der Waals surface area contributed by atoms with Gasteiger partial charge in [0, 0.05) is 12.6 Å². The Labute approximate surface area is 120 Å². The van der Waals surface area contributed by atoms with Gasteiger partial charge in [0.15, 0.2) is 0 Å². The molecule has 20 heavy (non-hydrogen) atoms. The number of carboxylic acids is 1. The van der Waals surface area contributed by atoms with Crippen molar-refractivity contribution in [3.8, 4) is 0 Å². The van der Waals surface area contributed by atoms with Crippen molar-refractivity contribution >= 4 is 12.0 Å². The molecular formula is C15H26N2O3. The second kappa shape index (κ2) is 6.46. The molecule has 1 saturated carbocycles. The number of rotatable bonds is 2. The second-order valence-corrected chi connectivity index (χ2v) is 6.27. The standard InChI is InChI=1S/C15H26N2O3/c1-12-8-4-2-7-11-17(12)14(20)16-15(13(18)19)9-5-3-6-10-15/h12H,2-11H2,1H3,(H,16,20)(H,18,19). The lowest BCUT2D eigenvalue weighted by Crippen LogP contribution is -2.59. The molecular weight excluding hydrogens is 256 g/mol. The first kappa shape index (κ1) is 15.1. The number of hydrogen-bond acceptors (Lipinski definition) is 2. The van der Waals surface area contributed by atoms with Crippen molar-refractivity contribution in [2.45, 2.75) is 76.3 Å². The van der Waals surface area contributed by atoms with E-state index in [9.17, 15) is 14.7 Å². The Bertz CT molecular complexity index is 364. The normalized spacial score (nSPS) is 26.6. The topological polar surface area (TPSA) is 69.6 Å². The van der Waals surface area contributed by atoms with Crippen molar-refractivity contribution in [3.63, 3.8) is 0 Å². The summed E-state index contributed by atoms with van der Waals surface area (Å²) in [6.07, 6.45) is 8.24. The molecule has 1 unspecified atom stereocenters. The minimum atomic E-state index is -1.04. The first-order valence-electron chi connectivity index (χ1n) is 7.87. The highest BCUT2D eigenvalue weighted by Crippen LogP contribution is 2.29. The molecule has 0 aromatic carbocycles. The van der Waals surface area contributed by atoms with Gasteiger partial charge in [-0.05, 0) is 32.6 Å². The summed E-state index contributed by atoms with van der Waals surface area (Å²) >= 11 is 0. The van der Waals surface area contributed by atoms with E-state index in [1.807, 2.05) is 4.90 Å². The molecule has 1 aliphatic heterocycles. The van der Waals surface area contributed by atoms with Crippen LogP contribution in [-0.4, -0.2) is 40.1 Å². The molecule has 5 heteroatoms. The molecule has 0 aromatic rings. The van der Waals surface area contributed by atoms with Crippen LogP contribution in [-0.2, 0) is 4.79 Å². The summed E-state index contributed by atoms with van der Waals surface area (Å²) in [7, 11) is 0. The highest BCUT2D eigenvalue weighted by molar-refractivity contribution is 5.86. The largest absolute Gasteiger partial charge is 0.480 e. The summed E-state index contributed by atoms with van der Waals surface area (Å²) in [5.74, 6) is -0.881. The van der Waals surface area contributed by atoms with Crippen LogP contribution in [0.15, 0.2) is 0 Å². The molecule has 2 fully saturated rings. The quantitative estimate of drug-likeness (QED) is 0.818. The van der Waals surface area contributed by atoms with E-state index in [0.717, 1.165) is 51.5 Å². The van der Waals surface area contributed by atoms with Crippen molar-refractivity contribution in [2.24, 2.45) is 0 Å². The van der Waals surface area contributed by atoms with Crippen LogP contribution in [0.5, 0.6) is 0 Å². The van der Waals surface area contributed by atoms with Gasteiger partial charge in [0.25, 0.3) is 0 Å². The van der Waals surface area contributed by atoms with Crippen molar-refractivity contribution < 1.29 is 14.7 Å². The van der Waals surface area contributed by atoms with Crippen LogP contribution in [0, 0.1) is 0 Å². The number of urea groups is 1. The van der Waals surface area contributed by atoms with Crippen LogP contribution < -0.4 is 5.32 Å². The van der Waals surface area contributed by atoms with Gasteiger partial charge >= 0.3 is 12.0 Å². The molecule has 5 nitrogen and oxygen atoms in total. The van der Waals surface area contributed by atoms with E-state index in [-0.39, 0.29) is 12.1 Å². The number of carbonyl (C=O) groups is 2.